The minimum absolute atomic E-state index is 0.240. The molecule has 1 atom stereocenters. The number of halogens is 1. The maximum absolute atomic E-state index is 12.9. The summed E-state index contributed by atoms with van der Waals surface area (Å²) < 4.78 is 17.8. The number of nitrogens with zero attached hydrogens (tertiary/aromatic N) is 1. The first-order chi connectivity index (χ1) is 14.3. The van der Waals surface area contributed by atoms with E-state index in [9.17, 15) is 23.6 Å². The molecule has 0 aromatic heterocycles. The molecule has 156 valence electrons. The van der Waals surface area contributed by atoms with Gasteiger partial charge < -0.3 is 10.1 Å². The average molecular weight is 412 g/mol. The summed E-state index contributed by atoms with van der Waals surface area (Å²) in [5, 5.41) is 2.59. The standard InChI is InChI=1S/C22H21FN2O5/c1-13-3-8-17-18(11-13)21(28)25(20(17)27)14(2)22(29)30-12-19(26)24-10-9-15-4-6-16(23)7-5-15/h3-8,11,14H,9-10,12H2,1-2H3,(H,24,26). The molecule has 1 aliphatic heterocycles. The van der Waals surface area contributed by atoms with Crippen molar-refractivity contribution < 1.29 is 28.3 Å². The monoisotopic (exact) mass is 412 g/mol. The number of aryl methyl sites for hydroxylation is 1. The van der Waals surface area contributed by atoms with Crippen molar-refractivity contribution in [3.8, 4) is 0 Å². The van der Waals surface area contributed by atoms with Crippen LogP contribution in [0.4, 0.5) is 4.39 Å². The molecule has 0 radical (unpaired) electrons. The van der Waals surface area contributed by atoms with Gasteiger partial charge in [0.05, 0.1) is 11.1 Å². The molecule has 1 unspecified atom stereocenters. The van der Waals surface area contributed by atoms with Crippen LogP contribution in [0.3, 0.4) is 0 Å². The van der Waals surface area contributed by atoms with Gasteiger partial charge in [0.25, 0.3) is 17.7 Å². The second kappa shape index (κ2) is 8.86. The second-order valence-electron chi connectivity index (χ2n) is 7.04. The highest BCUT2D eigenvalue weighted by Crippen LogP contribution is 2.26. The fourth-order valence-corrected chi connectivity index (χ4v) is 3.14. The number of carbonyl (C=O) groups excluding carboxylic acids is 4. The molecule has 8 heteroatoms. The number of nitrogens with one attached hydrogen (secondary N) is 1. The van der Waals surface area contributed by atoms with Gasteiger partial charge in [0.1, 0.15) is 11.9 Å². The summed E-state index contributed by atoms with van der Waals surface area (Å²) in [5.74, 6) is -2.84. The first-order valence-electron chi connectivity index (χ1n) is 9.44. The number of hydrogen-bond acceptors (Lipinski definition) is 5. The maximum Gasteiger partial charge on any atom is 0.329 e. The number of ether oxygens (including phenoxy) is 1. The van der Waals surface area contributed by atoms with Gasteiger partial charge >= 0.3 is 5.97 Å². The van der Waals surface area contributed by atoms with Crippen molar-refractivity contribution in [2.24, 2.45) is 0 Å². The van der Waals surface area contributed by atoms with Crippen molar-refractivity contribution in [3.63, 3.8) is 0 Å². The number of hydrogen-bond donors (Lipinski definition) is 1. The Morgan fingerprint density at radius 2 is 1.73 bits per heavy atom. The van der Waals surface area contributed by atoms with E-state index in [1.165, 1.54) is 19.1 Å². The Morgan fingerprint density at radius 1 is 1.07 bits per heavy atom. The van der Waals surface area contributed by atoms with Crippen LogP contribution < -0.4 is 5.32 Å². The van der Waals surface area contributed by atoms with E-state index in [1.54, 1.807) is 37.3 Å². The molecule has 0 saturated heterocycles. The van der Waals surface area contributed by atoms with Crippen molar-refractivity contribution in [2.45, 2.75) is 26.3 Å². The quantitative estimate of drug-likeness (QED) is 0.555. The predicted molar refractivity (Wildman–Crippen MR) is 105 cm³/mol. The average Bonchev–Trinajstić information content (AvgIpc) is 2.96. The van der Waals surface area contributed by atoms with Gasteiger partial charge in [-0.2, -0.15) is 0 Å². The van der Waals surface area contributed by atoms with Crippen LogP contribution in [-0.4, -0.2) is 47.8 Å². The van der Waals surface area contributed by atoms with Crippen LogP contribution in [0, 0.1) is 12.7 Å². The largest absolute Gasteiger partial charge is 0.454 e. The van der Waals surface area contributed by atoms with Crippen molar-refractivity contribution in [2.75, 3.05) is 13.2 Å². The molecular weight excluding hydrogens is 391 g/mol. The van der Waals surface area contributed by atoms with Gasteiger partial charge in [-0.15, -0.1) is 0 Å². The molecule has 0 aliphatic carbocycles. The lowest BCUT2D eigenvalue weighted by atomic mass is 10.1. The smallest absolute Gasteiger partial charge is 0.329 e. The van der Waals surface area contributed by atoms with Crippen LogP contribution in [0.5, 0.6) is 0 Å². The topological polar surface area (TPSA) is 92.8 Å². The SMILES string of the molecule is Cc1ccc2c(c1)C(=O)N(C(C)C(=O)OCC(=O)NCCc1ccc(F)cc1)C2=O. The normalized spacial score (nSPS) is 13.8. The van der Waals surface area contributed by atoms with Gasteiger partial charge in [0.2, 0.25) is 0 Å². The Hall–Kier alpha value is -3.55. The van der Waals surface area contributed by atoms with Crippen LogP contribution >= 0.6 is 0 Å². The molecule has 0 fully saturated rings. The Kier molecular flexibility index (Phi) is 6.25. The third-order valence-corrected chi connectivity index (χ3v) is 4.80. The number of benzene rings is 2. The van der Waals surface area contributed by atoms with E-state index >= 15 is 0 Å². The first kappa shape index (κ1) is 21.2. The van der Waals surface area contributed by atoms with Crippen molar-refractivity contribution >= 4 is 23.7 Å². The Bertz CT molecular complexity index is 1000. The van der Waals surface area contributed by atoms with Crippen LogP contribution in [0.1, 0.15) is 38.8 Å². The highest BCUT2D eigenvalue weighted by Gasteiger charge is 2.41. The maximum atomic E-state index is 12.9. The van der Waals surface area contributed by atoms with E-state index in [0.29, 0.717) is 6.42 Å². The zero-order valence-electron chi connectivity index (χ0n) is 16.6. The van der Waals surface area contributed by atoms with Crippen LogP contribution in [-0.2, 0) is 20.7 Å². The van der Waals surface area contributed by atoms with Gasteiger partial charge in [0.15, 0.2) is 6.61 Å². The molecule has 7 nitrogen and oxygen atoms in total. The van der Waals surface area contributed by atoms with E-state index in [1.807, 2.05) is 0 Å². The van der Waals surface area contributed by atoms with E-state index < -0.39 is 36.3 Å². The molecule has 0 bridgehead atoms. The van der Waals surface area contributed by atoms with Crippen LogP contribution in [0.15, 0.2) is 42.5 Å². The summed E-state index contributed by atoms with van der Waals surface area (Å²) in [5.41, 5.74) is 2.16. The summed E-state index contributed by atoms with van der Waals surface area (Å²) in [6.07, 6.45) is 0.491. The third-order valence-electron chi connectivity index (χ3n) is 4.80. The molecule has 2 aromatic rings. The third kappa shape index (κ3) is 4.53. The van der Waals surface area contributed by atoms with E-state index in [0.717, 1.165) is 16.0 Å². The Balaban J connectivity index is 1.48. The summed E-state index contributed by atoms with van der Waals surface area (Å²) >= 11 is 0. The fraction of sp³-hybridized carbons (Fsp3) is 0.273. The predicted octanol–water partition coefficient (Wildman–Crippen LogP) is 2.02. The summed E-state index contributed by atoms with van der Waals surface area (Å²) in [4.78, 5) is 50.0. The van der Waals surface area contributed by atoms with Crippen LogP contribution in [0.25, 0.3) is 0 Å². The lowest BCUT2D eigenvalue weighted by Crippen LogP contribution is -2.44. The van der Waals surface area contributed by atoms with Gasteiger partial charge in [-0.25, -0.2) is 9.18 Å². The zero-order valence-corrected chi connectivity index (χ0v) is 16.6. The van der Waals surface area contributed by atoms with Crippen molar-refractivity contribution in [3.05, 3.63) is 70.5 Å². The summed E-state index contributed by atoms with van der Waals surface area (Å²) in [6, 6.07) is 9.61. The Labute approximate surface area is 172 Å². The molecular formula is C22H21FN2O5. The highest BCUT2D eigenvalue weighted by molar-refractivity contribution is 6.22. The van der Waals surface area contributed by atoms with Crippen molar-refractivity contribution in [1.82, 2.24) is 10.2 Å². The number of esters is 1. The minimum Gasteiger partial charge on any atom is -0.454 e. The van der Waals surface area contributed by atoms with Crippen molar-refractivity contribution in [1.29, 1.82) is 0 Å². The zero-order chi connectivity index (χ0) is 21.8. The number of fused-ring (bicyclic) bond motifs is 1. The number of imide groups is 1. The molecule has 2 aromatic carbocycles. The minimum atomic E-state index is -1.16. The molecule has 0 saturated carbocycles. The Morgan fingerprint density at radius 3 is 2.43 bits per heavy atom. The molecule has 1 heterocycles. The van der Waals surface area contributed by atoms with Gasteiger partial charge in [-0.05, 0) is 50.1 Å². The fourth-order valence-electron chi connectivity index (χ4n) is 3.14. The summed E-state index contributed by atoms with van der Waals surface area (Å²) in [7, 11) is 0. The van der Waals surface area contributed by atoms with Gasteiger partial charge in [0, 0.05) is 6.54 Å². The van der Waals surface area contributed by atoms with Gasteiger partial charge in [-0.1, -0.05) is 23.8 Å². The lowest BCUT2D eigenvalue weighted by molar-refractivity contribution is -0.151. The summed E-state index contributed by atoms with van der Waals surface area (Å²) in [6.45, 7) is 2.93. The second-order valence-corrected chi connectivity index (χ2v) is 7.04. The first-order valence-corrected chi connectivity index (χ1v) is 9.44. The van der Waals surface area contributed by atoms with Gasteiger partial charge in [-0.3, -0.25) is 19.3 Å². The van der Waals surface area contributed by atoms with E-state index in [4.69, 9.17) is 4.74 Å². The number of amides is 3. The highest BCUT2D eigenvalue weighted by atomic mass is 19.1. The van der Waals surface area contributed by atoms with E-state index in [-0.39, 0.29) is 23.5 Å². The molecule has 1 aliphatic rings. The molecule has 0 spiro atoms. The van der Waals surface area contributed by atoms with E-state index in [2.05, 4.69) is 5.32 Å². The molecule has 3 amide bonds. The molecule has 3 rings (SSSR count). The molecule has 1 N–H and O–H groups in total. The number of rotatable bonds is 7. The number of carbonyl (C=O) groups is 4. The lowest BCUT2D eigenvalue weighted by Gasteiger charge is -2.20. The van der Waals surface area contributed by atoms with Crippen LogP contribution in [0.2, 0.25) is 0 Å². The molecule has 30 heavy (non-hydrogen) atoms.